The van der Waals surface area contributed by atoms with E-state index in [-0.39, 0.29) is 11.4 Å². The number of amides is 2. The van der Waals surface area contributed by atoms with Crippen LogP contribution in [0.2, 0.25) is 0 Å². The molecule has 0 saturated heterocycles. The Morgan fingerprint density at radius 3 is 2.24 bits per heavy atom. The summed E-state index contributed by atoms with van der Waals surface area (Å²) < 4.78 is 44.9. The number of esters is 1. The van der Waals surface area contributed by atoms with Crippen LogP contribution in [0.3, 0.4) is 0 Å². The number of sulfonamides is 1. The molecule has 34 heavy (non-hydrogen) atoms. The average Bonchev–Trinajstić information content (AvgIpc) is 2.77. The number of nitrogens with zero attached hydrogens (tertiary/aromatic N) is 1. The van der Waals surface area contributed by atoms with Gasteiger partial charge in [0.2, 0.25) is 15.9 Å². The third-order valence-electron chi connectivity index (χ3n) is 4.62. The number of halogens is 1. The van der Waals surface area contributed by atoms with E-state index in [1.165, 1.54) is 38.2 Å². The lowest BCUT2D eigenvalue weighted by atomic mass is 10.2. The van der Waals surface area contributed by atoms with Gasteiger partial charge in [0.05, 0.1) is 17.5 Å². The molecule has 0 fully saturated rings. The number of aliphatic hydroxyl groups is 1. The highest BCUT2D eigenvalue weighted by Crippen LogP contribution is 2.12. The van der Waals surface area contributed by atoms with Crippen molar-refractivity contribution in [3.05, 3.63) is 59.9 Å². The molecule has 2 aromatic carbocycles. The standard InChI is InChI=1S/C22H26FN3O7S/c1-14-4-10-18(11-5-14)34(31,32)25-21(15(2)27)22(30)33-13-20(29)26(3)12-19(28)24-17-8-6-16(23)7-9-17/h4-11,15,21,25,27H,12-13H2,1-3H3,(H,24,28)/t15-,21+/m1/s1. The fraction of sp³-hybridized carbons (Fsp3) is 0.318. The number of hydrogen-bond donors (Lipinski definition) is 3. The van der Waals surface area contributed by atoms with Gasteiger partial charge in [0.15, 0.2) is 6.61 Å². The molecule has 3 N–H and O–H groups in total. The molecular weight excluding hydrogens is 469 g/mol. The van der Waals surface area contributed by atoms with E-state index in [1.54, 1.807) is 19.1 Å². The second kappa shape index (κ2) is 11.7. The van der Waals surface area contributed by atoms with Crippen LogP contribution in [0.5, 0.6) is 0 Å². The maximum atomic E-state index is 12.9. The van der Waals surface area contributed by atoms with Crippen LogP contribution in [0.1, 0.15) is 12.5 Å². The Hall–Kier alpha value is -3.35. The van der Waals surface area contributed by atoms with Crippen LogP contribution in [0.15, 0.2) is 53.4 Å². The molecule has 0 spiro atoms. The van der Waals surface area contributed by atoms with Gasteiger partial charge in [0.1, 0.15) is 11.9 Å². The van der Waals surface area contributed by atoms with E-state index in [2.05, 4.69) is 10.0 Å². The van der Waals surface area contributed by atoms with E-state index >= 15 is 0 Å². The van der Waals surface area contributed by atoms with Crippen LogP contribution in [0.4, 0.5) is 10.1 Å². The molecule has 12 heteroatoms. The molecule has 2 atom stereocenters. The average molecular weight is 496 g/mol. The van der Waals surface area contributed by atoms with Crippen molar-refractivity contribution in [2.45, 2.75) is 30.9 Å². The van der Waals surface area contributed by atoms with Crippen molar-refractivity contribution in [1.82, 2.24) is 9.62 Å². The zero-order valence-corrected chi connectivity index (χ0v) is 19.6. The number of carbonyl (C=O) groups is 3. The summed E-state index contributed by atoms with van der Waals surface area (Å²) in [5, 5.41) is 12.4. The SMILES string of the molecule is Cc1ccc(S(=O)(=O)N[C@H](C(=O)OCC(=O)N(C)CC(=O)Nc2ccc(F)cc2)[C@@H](C)O)cc1. The van der Waals surface area contributed by atoms with Gasteiger partial charge in [-0.15, -0.1) is 0 Å². The number of carbonyl (C=O) groups excluding carboxylic acids is 3. The quantitative estimate of drug-likeness (QED) is 0.414. The Morgan fingerprint density at radius 2 is 1.68 bits per heavy atom. The predicted molar refractivity (Wildman–Crippen MR) is 121 cm³/mol. The first-order valence-electron chi connectivity index (χ1n) is 10.1. The van der Waals surface area contributed by atoms with Crippen LogP contribution in [0, 0.1) is 12.7 Å². The summed E-state index contributed by atoms with van der Waals surface area (Å²) in [5.41, 5.74) is 1.17. The van der Waals surface area contributed by atoms with Crippen LogP contribution in [-0.2, 0) is 29.1 Å². The molecule has 184 valence electrons. The number of ether oxygens (including phenoxy) is 1. The predicted octanol–water partition coefficient (Wildman–Crippen LogP) is 0.802. The molecule has 0 bridgehead atoms. The number of nitrogens with one attached hydrogen (secondary N) is 2. The van der Waals surface area contributed by atoms with Gasteiger partial charge in [-0.1, -0.05) is 17.7 Å². The molecule has 2 amide bonds. The molecule has 2 rings (SSSR count). The zero-order chi connectivity index (χ0) is 25.5. The molecule has 0 aromatic heterocycles. The highest BCUT2D eigenvalue weighted by Gasteiger charge is 2.31. The molecule has 10 nitrogen and oxygen atoms in total. The molecule has 0 aliphatic carbocycles. The summed E-state index contributed by atoms with van der Waals surface area (Å²) in [7, 11) is -2.85. The monoisotopic (exact) mass is 495 g/mol. The second-order valence-corrected chi connectivity index (χ2v) is 9.28. The van der Waals surface area contributed by atoms with Crippen LogP contribution in [-0.4, -0.2) is 68.6 Å². The van der Waals surface area contributed by atoms with Gasteiger partial charge in [-0.3, -0.25) is 14.4 Å². The van der Waals surface area contributed by atoms with E-state index in [9.17, 15) is 32.3 Å². The summed E-state index contributed by atoms with van der Waals surface area (Å²) in [6.07, 6.45) is -1.46. The Balaban J connectivity index is 1.91. The fourth-order valence-corrected chi connectivity index (χ4v) is 3.92. The van der Waals surface area contributed by atoms with Gasteiger partial charge in [0, 0.05) is 12.7 Å². The molecule has 0 radical (unpaired) electrons. The smallest absolute Gasteiger partial charge is 0.327 e. The Morgan fingerprint density at radius 1 is 1.09 bits per heavy atom. The Bertz CT molecular complexity index is 1120. The first-order valence-corrected chi connectivity index (χ1v) is 11.6. The van der Waals surface area contributed by atoms with Crippen LogP contribution >= 0.6 is 0 Å². The highest BCUT2D eigenvalue weighted by molar-refractivity contribution is 7.89. The number of benzene rings is 2. The van der Waals surface area contributed by atoms with Gasteiger partial charge in [-0.2, -0.15) is 4.72 Å². The molecule has 0 unspecified atom stereocenters. The number of aryl methyl sites for hydroxylation is 1. The minimum Gasteiger partial charge on any atom is -0.454 e. The summed E-state index contributed by atoms with van der Waals surface area (Å²) in [6, 6.07) is 9.21. The van der Waals surface area contributed by atoms with E-state index in [0.29, 0.717) is 5.69 Å². The lowest BCUT2D eigenvalue weighted by molar-refractivity contribution is -0.155. The van der Waals surface area contributed by atoms with Crippen molar-refractivity contribution in [2.75, 3.05) is 25.5 Å². The van der Waals surface area contributed by atoms with Crippen molar-refractivity contribution >= 4 is 33.5 Å². The number of aliphatic hydroxyl groups excluding tert-OH is 1. The number of anilines is 1. The van der Waals surface area contributed by atoms with Gasteiger partial charge in [0.25, 0.3) is 5.91 Å². The van der Waals surface area contributed by atoms with Gasteiger partial charge < -0.3 is 20.1 Å². The maximum Gasteiger partial charge on any atom is 0.327 e. The first-order chi connectivity index (χ1) is 15.9. The molecular formula is C22H26FN3O7S. The molecule has 0 saturated carbocycles. The van der Waals surface area contributed by atoms with Gasteiger partial charge >= 0.3 is 5.97 Å². The number of likely N-dealkylation sites (N-methyl/N-ethyl adjacent to an activating group) is 1. The maximum absolute atomic E-state index is 12.9. The van der Waals surface area contributed by atoms with E-state index in [4.69, 9.17) is 4.74 Å². The molecule has 2 aromatic rings. The Kier molecular flexibility index (Phi) is 9.24. The molecule has 0 heterocycles. The summed E-state index contributed by atoms with van der Waals surface area (Å²) in [5.74, 6) is -2.94. The van der Waals surface area contributed by atoms with E-state index in [0.717, 1.165) is 22.6 Å². The first kappa shape index (κ1) is 26.9. The number of hydrogen-bond acceptors (Lipinski definition) is 7. The summed E-state index contributed by atoms with van der Waals surface area (Å²) in [6.45, 7) is 1.81. The van der Waals surface area contributed by atoms with Crippen molar-refractivity contribution in [2.24, 2.45) is 0 Å². The van der Waals surface area contributed by atoms with Gasteiger partial charge in [-0.05, 0) is 50.2 Å². The normalized spacial score (nSPS) is 13.0. The third-order valence-corrected chi connectivity index (χ3v) is 6.08. The second-order valence-electron chi connectivity index (χ2n) is 7.57. The highest BCUT2D eigenvalue weighted by atomic mass is 32.2. The third kappa shape index (κ3) is 7.90. The van der Waals surface area contributed by atoms with E-state index in [1.807, 2.05) is 0 Å². The van der Waals surface area contributed by atoms with Gasteiger partial charge in [-0.25, -0.2) is 12.8 Å². The van der Waals surface area contributed by atoms with Crippen molar-refractivity contribution in [1.29, 1.82) is 0 Å². The van der Waals surface area contributed by atoms with E-state index < -0.39 is 52.4 Å². The summed E-state index contributed by atoms with van der Waals surface area (Å²) >= 11 is 0. The van der Waals surface area contributed by atoms with Crippen LogP contribution in [0.25, 0.3) is 0 Å². The van der Waals surface area contributed by atoms with Crippen molar-refractivity contribution in [3.8, 4) is 0 Å². The topological polar surface area (TPSA) is 142 Å². The minimum absolute atomic E-state index is 0.112. The molecule has 0 aliphatic heterocycles. The summed E-state index contributed by atoms with van der Waals surface area (Å²) in [4.78, 5) is 37.5. The number of rotatable bonds is 10. The lowest BCUT2D eigenvalue weighted by Crippen LogP contribution is -2.49. The zero-order valence-electron chi connectivity index (χ0n) is 18.8. The van der Waals surface area contributed by atoms with Crippen LogP contribution < -0.4 is 10.0 Å². The largest absolute Gasteiger partial charge is 0.454 e. The Labute approximate surface area is 196 Å². The molecule has 0 aliphatic rings. The van der Waals surface area contributed by atoms with Crippen molar-refractivity contribution in [3.63, 3.8) is 0 Å². The van der Waals surface area contributed by atoms with Crippen molar-refractivity contribution < 1.29 is 37.0 Å². The lowest BCUT2D eigenvalue weighted by Gasteiger charge is -2.21. The minimum atomic E-state index is -4.15. The fourth-order valence-electron chi connectivity index (χ4n) is 2.67.